The fourth-order valence-electron chi connectivity index (χ4n) is 4.88. The van der Waals surface area contributed by atoms with E-state index in [0.717, 1.165) is 56.4 Å². The van der Waals surface area contributed by atoms with Crippen LogP contribution in [-0.2, 0) is 4.79 Å². The SMILES string of the molecule is Cc1cc(N[C@@H]2CCN(C(=O)C(C)CN3CCN(c4ccc(Cl)cc4)CC3)C2)ccc1[N+](=O)[O-]. The minimum absolute atomic E-state index is 0.0533. The van der Waals surface area contributed by atoms with Crippen LogP contribution >= 0.6 is 11.6 Å². The van der Waals surface area contributed by atoms with Crippen LogP contribution in [-0.4, -0.2) is 72.5 Å². The van der Waals surface area contributed by atoms with Crippen molar-refractivity contribution in [2.75, 3.05) is 56.0 Å². The van der Waals surface area contributed by atoms with Crippen LogP contribution in [0.1, 0.15) is 18.9 Å². The Morgan fingerprint density at radius 3 is 2.50 bits per heavy atom. The third-order valence-corrected chi connectivity index (χ3v) is 7.03. The van der Waals surface area contributed by atoms with Crippen molar-refractivity contribution in [1.82, 2.24) is 9.80 Å². The van der Waals surface area contributed by atoms with Crippen LogP contribution < -0.4 is 10.2 Å². The number of hydrogen-bond donors (Lipinski definition) is 1. The molecule has 2 saturated heterocycles. The van der Waals surface area contributed by atoms with E-state index in [1.165, 1.54) is 11.8 Å². The number of anilines is 2. The number of rotatable bonds is 7. The van der Waals surface area contributed by atoms with Crippen LogP contribution in [0, 0.1) is 23.0 Å². The van der Waals surface area contributed by atoms with Crippen molar-refractivity contribution in [1.29, 1.82) is 0 Å². The molecule has 1 unspecified atom stereocenters. The Morgan fingerprint density at radius 1 is 1.15 bits per heavy atom. The smallest absolute Gasteiger partial charge is 0.272 e. The summed E-state index contributed by atoms with van der Waals surface area (Å²) in [5.74, 6) is 0.145. The molecule has 34 heavy (non-hydrogen) atoms. The summed E-state index contributed by atoms with van der Waals surface area (Å²) in [6, 6.07) is 13.2. The predicted molar refractivity (Wildman–Crippen MR) is 136 cm³/mol. The van der Waals surface area contributed by atoms with E-state index in [-0.39, 0.29) is 28.5 Å². The number of benzene rings is 2. The summed E-state index contributed by atoms with van der Waals surface area (Å²) in [6.07, 6.45) is 0.869. The summed E-state index contributed by atoms with van der Waals surface area (Å²) >= 11 is 6.00. The zero-order chi connectivity index (χ0) is 24.2. The first kappa shape index (κ1) is 24.3. The normalized spacial score (nSPS) is 19.8. The van der Waals surface area contributed by atoms with Crippen molar-refractivity contribution in [2.45, 2.75) is 26.3 Å². The van der Waals surface area contributed by atoms with Gasteiger partial charge in [-0.3, -0.25) is 19.8 Å². The van der Waals surface area contributed by atoms with E-state index < -0.39 is 0 Å². The van der Waals surface area contributed by atoms with Crippen LogP contribution in [0.3, 0.4) is 0 Å². The number of nitrogens with one attached hydrogen (secondary N) is 1. The van der Waals surface area contributed by atoms with Crippen LogP contribution in [0.4, 0.5) is 17.1 Å². The van der Waals surface area contributed by atoms with Gasteiger partial charge < -0.3 is 15.1 Å². The molecule has 2 aliphatic rings. The summed E-state index contributed by atoms with van der Waals surface area (Å²) in [7, 11) is 0. The first-order valence-electron chi connectivity index (χ1n) is 11.8. The number of carbonyl (C=O) groups excluding carboxylic acids is 1. The first-order chi connectivity index (χ1) is 16.3. The van der Waals surface area contributed by atoms with Gasteiger partial charge in [-0.25, -0.2) is 0 Å². The number of carbonyl (C=O) groups is 1. The fourth-order valence-corrected chi connectivity index (χ4v) is 5.01. The zero-order valence-corrected chi connectivity index (χ0v) is 20.5. The van der Waals surface area contributed by atoms with E-state index in [2.05, 4.69) is 27.2 Å². The lowest BCUT2D eigenvalue weighted by Crippen LogP contribution is -2.49. The van der Waals surface area contributed by atoms with Crippen molar-refractivity contribution in [2.24, 2.45) is 5.92 Å². The summed E-state index contributed by atoms with van der Waals surface area (Å²) < 4.78 is 0. The number of nitro groups is 1. The molecule has 0 saturated carbocycles. The van der Waals surface area contributed by atoms with Gasteiger partial charge in [0.25, 0.3) is 5.69 Å². The topological polar surface area (TPSA) is 82.0 Å². The number of amides is 1. The maximum atomic E-state index is 13.1. The van der Waals surface area contributed by atoms with E-state index in [0.29, 0.717) is 12.1 Å². The highest BCUT2D eigenvalue weighted by Gasteiger charge is 2.30. The molecule has 8 nitrogen and oxygen atoms in total. The Labute approximate surface area is 205 Å². The van der Waals surface area contributed by atoms with Crippen molar-refractivity contribution >= 4 is 34.6 Å². The van der Waals surface area contributed by atoms with Gasteiger partial charge in [-0.1, -0.05) is 18.5 Å². The van der Waals surface area contributed by atoms with Crippen LogP contribution in [0.25, 0.3) is 0 Å². The number of piperazine rings is 1. The van der Waals surface area contributed by atoms with Gasteiger partial charge in [-0.15, -0.1) is 0 Å². The predicted octanol–water partition coefficient (Wildman–Crippen LogP) is 4.03. The van der Waals surface area contributed by atoms with Gasteiger partial charge in [-0.2, -0.15) is 0 Å². The standard InChI is InChI=1S/C25H32ClN5O3/c1-18-15-21(5-8-24(18)31(33)34)27-22-9-10-30(17-22)25(32)19(2)16-28-11-13-29(14-12-28)23-6-3-20(26)4-7-23/h3-8,15,19,22,27H,9-14,16-17H2,1-2H3/t19?,22-/m1/s1. The van der Waals surface area contributed by atoms with Crippen molar-refractivity contribution in [3.05, 3.63) is 63.2 Å². The third kappa shape index (κ3) is 5.80. The number of likely N-dealkylation sites (tertiary alicyclic amines) is 1. The van der Waals surface area contributed by atoms with E-state index in [1.807, 2.05) is 24.0 Å². The highest BCUT2D eigenvalue weighted by atomic mass is 35.5. The maximum absolute atomic E-state index is 13.1. The first-order valence-corrected chi connectivity index (χ1v) is 12.2. The summed E-state index contributed by atoms with van der Waals surface area (Å²) in [6.45, 7) is 9.66. The van der Waals surface area contributed by atoms with E-state index in [4.69, 9.17) is 11.6 Å². The molecule has 0 bridgehead atoms. The van der Waals surface area contributed by atoms with Gasteiger partial charge >= 0.3 is 0 Å². The highest BCUT2D eigenvalue weighted by Crippen LogP contribution is 2.24. The maximum Gasteiger partial charge on any atom is 0.272 e. The lowest BCUT2D eigenvalue weighted by Gasteiger charge is -2.37. The molecule has 182 valence electrons. The molecule has 2 aliphatic heterocycles. The fraction of sp³-hybridized carbons (Fsp3) is 0.480. The van der Waals surface area contributed by atoms with Gasteiger partial charge in [0, 0.05) is 85.8 Å². The summed E-state index contributed by atoms with van der Waals surface area (Å²) in [5.41, 5.74) is 2.79. The number of nitro benzene ring substituents is 1. The molecule has 2 heterocycles. The molecule has 2 aromatic carbocycles. The minimum Gasteiger partial charge on any atom is -0.380 e. The Bertz CT molecular complexity index is 1020. The Morgan fingerprint density at radius 2 is 1.85 bits per heavy atom. The van der Waals surface area contributed by atoms with Crippen molar-refractivity contribution in [3.8, 4) is 0 Å². The lowest BCUT2D eigenvalue weighted by atomic mass is 10.1. The molecule has 2 atom stereocenters. The summed E-state index contributed by atoms with van der Waals surface area (Å²) in [5, 5.41) is 15.2. The molecule has 4 rings (SSSR count). The number of aryl methyl sites for hydroxylation is 1. The van der Waals surface area contributed by atoms with Crippen LogP contribution in [0.5, 0.6) is 0 Å². The Kier molecular flexibility index (Phi) is 7.58. The Balaban J connectivity index is 1.23. The molecule has 9 heteroatoms. The average molecular weight is 486 g/mol. The third-order valence-electron chi connectivity index (χ3n) is 6.78. The number of halogens is 1. The molecule has 2 aromatic rings. The molecule has 0 spiro atoms. The second-order valence-electron chi connectivity index (χ2n) is 9.34. The minimum atomic E-state index is -0.367. The lowest BCUT2D eigenvalue weighted by molar-refractivity contribution is -0.385. The molecule has 1 amide bonds. The van der Waals surface area contributed by atoms with E-state index in [9.17, 15) is 14.9 Å². The summed E-state index contributed by atoms with van der Waals surface area (Å²) in [4.78, 5) is 30.4. The second kappa shape index (κ2) is 10.6. The van der Waals surface area contributed by atoms with E-state index >= 15 is 0 Å². The zero-order valence-electron chi connectivity index (χ0n) is 19.7. The van der Waals surface area contributed by atoms with Gasteiger partial charge in [-0.05, 0) is 49.7 Å². The molecular formula is C25H32ClN5O3. The molecule has 1 N–H and O–H groups in total. The van der Waals surface area contributed by atoms with E-state index in [1.54, 1.807) is 19.1 Å². The quantitative estimate of drug-likeness (QED) is 0.471. The average Bonchev–Trinajstić information content (AvgIpc) is 3.28. The molecule has 2 fully saturated rings. The largest absolute Gasteiger partial charge is 0.380 e. The number of nitrogens with zero attached hydrogens (tertiary/aromatic N) is 4. The molecule has 0 aromatic heterocycles. The number of hydrogen-bond acceptors (Lipinski definition) is 6. The monoisotopic (exact) mass is 485 g/mol. The van der Waals surface area contributed by atoms with Crippen LogP contribution in [0.2, 0.25) is 5.02 Å². The van der Waals surface area contributed by atoms with Gasteiger partial charge in [0.15, 0.2) is 0 Å². The van der Waals surface area contributed by atoms with Gasteiger partial charge in [0.1, 0.15) is 0 Å². The highest BCUT2D eigenvalue weighted by molar-refractivity contribution is 6.30. The molecule has 0 radical (unpaired) electrons. The molecule has 0 aliphatic carbocycles. The Hall–Kier alpha value is -2.84. The molecular weight excluding hydrogens is 454 g/mol. The van der Waals surface area contributed by atoms with Gasteiger partial charge in [0.2, 0.25) is 5.91 Å². The van der Waals surface area contributed by atoms with Crippen molar-refractivity contribution in [3.63, 3.8) is 0 Å². The van der Waals surface area contributed by atoms with Gasteiger partial charge in [0.05, 0.1) is 4.92 Å². The van der Waals surface area contributed by atoms with Crippen molar-refractivity contribution < 1.29 is 9.72 Å². The second-order valence-corrected chi connectivity index (χ2v) is 9.77. The van der Waals surface area contributed by atoms with Crippen LogP contribution in [0.15, 0.2) is 42.5 Å².